The highest BCUT2D eigenvalue weighted by atomic mass is 16.7. The largest absolute Gasteiger partial charge is 0.487 e. The van der Waals surface area contributed by atoms with Crippen molar-refractivity contribution in [3.63, 3.8) is 0 Å². The molecule has 1 aromatic carbocycles. The van der Waals surface area contributed by atoms with E-state index in [0.29, 0.717) is 0 Å². The molecule has 5 heteroatoms. The average molecular weight is 288 g/mol. The molecule has 1 fully saturated rings. The molecule has 0 unspecified atom stereocenters. The predicted octanol–water partition coefficient (Wildman–Crippen LogP) is 2.92. The van der Waals surface area contributed by atoms with E-state index in [4.69, 9.17) is 14.0 Å². The van der Waals surface area contributed by atoms with E-state index in [2.05, 4.69) is 0 Å². The van der Waals surface area contributed by atoms with Gasteiger partial charge in [0.1, 0.15) is 6.61 Å². The molecule has 21 heavy (non-hydrogen) atoms. The Morgan fingerprint density at radius 3 is 2.29 bits per heavy atom. The van der Waals surface area contributed by atoms with Crippen molar-refractivity contribution in [1.82, 2.24) is 0 Å². The molecule has 0 N–H and O–H groups in total. The first kappa shape index (κ1) is 15.8. The van der Waals surface area contributed by atoms with Gasteiger partial charge in [-0.1, -0.05) is 30.3 Å². The maximum Gasteiger partial charge on any atom is 0.487 e. The maximum atomic E-state index is 11.7. The third kappa shape index (κ3) is 3.96. The lowest BCUT2D eigenvalue weighted by molar-refractivity contribution is -0.139. The van der Waals surface area contributed by atoms with Crippen LogP contribution in [0.1, 0.15) is 33.3 Å². The molecule has 0 atom stereocenters. The molecule has 0 spiro atoms. The molecule has 1 heterocycles. The third-order valence-corrected chi connectivity index (χ3v) is 3.88. The van der Waals surface area contributed by atoms with Crippen molar-refractivity contribution in [2.24, 2.45) is 0 Å². The zero-order valence-corrected chi connectivity index (χ0v) is 13.0. The van der Waals surface area contributed by atoms with Gasteiger partial charge in [0, 0.05) is 6.08 Å². The van der Waals surface area contributed by atoms with E-state index in [1.165, 1.54) is 6.08 Å². The molecule has 1 aliphatic heterocycles. The second-order valence-corrected chi connectivity index (χ2v) is 6.08. The van der Waals surface area contributed by atoms with E-state index < -0.39 is 24.3 Å². The molecule has 0 amide bonds. The molecule has 0 aromatic heterocycles. The van der Waals surface area contributed by atoms with Gasteiger partial charge in [0.05, 0.1) is 11.2 Å². The van der Waals surface area contributed by atoms with E-state index in [1.807, 2.05) is 58.0 Å². The summed E-state index contributed by atoms with van der Waals surface area (Å²) in [5, 5.41) is 0. The summed E-state index contributed by atoms with van der Waals surface area (Å²) in [4.78, 5) is 11.7. The minimum Gasteiger partial charge on any atom is -0.458 e. The molecular weight excluding hydrogens is 267 g/mol. The second-order valence-electron chi connectivity index (χ2n) is 6.08. The van der Waals surface area contributed by atoms with Crippen LogP contribution in [0.4, 0.5) is 0 Å². The lowest BCUT2D eigenvalue weighted by Gasteiger charge is -2.32. The Morgan fingerprint density at radius 2 is 1.71 bits per heavy atom. The Bertz CT molecular complexity index is 506. The maximum absolute atomic E-state index is 11.7. The van der Waals surface area contributed by atoms with Crippen molar-refractivity contribution in [2.45, 2.75) is 45.5 Å². The highest BCUT2D eigenvalue weighted by Gasteiger charge is 2.50. The fraction of sp³-hybridized carbons (Fsp3) is 0.438. The fourth-order valence-electron chi connectivity index (χ4n) is 1.90. The number of carbonyl (C=O) groups excluding carboxylic acids is 1. The van der Waals surface area contributed by atoms with E-state index in [9.17, 15) is 4.79 Å². The molecule has 0 saturated carbocycles. The summed E-state index contributed by atoms with van der Waals surface area (Å²) in [6, 6.07) is 9.55. The molecule has 1 aliphatic rings. The fourth-order valence-corrected chi connectivity index (χ4v) is 1.90. The first-order valence-corrected chi connectivity index (χ1v) is 7.05. The van der Waals surface area contributed by atoms with Crippen LogP contribution in [0.2, 0.25) is 0 Å². The van der Waals surface area contributed by atoms with Gasteiger partial charge >= 0.3 is 13.1 Å². The van der Waals surface area contributed by atoms with Gasteiger partial charge in [-0.2, -0.15) is 0 Å². The van der Waals surface area contributed by atoms with Gasteiger partial charge < -0.3 is 14.0 Å². The zero-order valence-electron chi connectivity index (χ0n) is 13.0. The number of esters is 1. The summed E-state index contributed by atoms with van der Waals surface area (Å²) in [7, 11) is -0.528. The van der Waals surface area contributed by atoms with Gasteiger partial charge in [-0.05, 0) is 39.2 Å². The molecule has 0 bridgehead atoms. The van der Waals surface area contributed by atoms with Crippen LogP contribution in [0.15, 0.2) is 42.4 Å². The van der Waals surface area contributed by atoms with Crippen molar-refractivity contribution >= 4 is 13.1 Å². The zero-order chi connectivity index (χ0) is 15.5. The lowest BCUT2D eigenvalue weighted by atomic mass is 9.90. The van der Waals surface area contributed by atoms with Gasteiger partial charge in [-0.25, -0.2) is 4.79 Å². The quantitative estimate of drug-likeness (QED) is 0.485. The van der Waals surface area contributed by atoms with Crippen molar-refractivity contribution in [3.8, 4) is 0 Å². The number of hydrogen-bond donors (Lipinski definition) is 0. The number of ether oxygens (including phenoxy) is 1. The topological polar surface area (TPSA) is 44.8 Å². The van der Waals surface area contributed by atoms with Crippen molar-refractivity contribution in [1.29, 1.82) is 0 Å². The van der Waals surface area contributed by atoms with E-state index in [0.717, 1.165) is 5.56 Å². The van der Waals surface area contributed by atoms with Gasteiger partial charge in [-0.15, -0.1) is 0 Å². The van der Waals surface area contributed by atoms with Crippen LogP contribution >= 0.6 is 0 Å². The summed E-state index contributed by atoms with van der Waals surface area (Å²) < 4.78 is 16.7. The number of rotatable bonds is 4. The third-order valence-electron chi connectivity index (χ3n) is 3.88. The molecule has 1 aromatic rings. The summed E-state index contributed by atoms with van der Waals surface area (Å²) in [6.45, 7) is 8.12. The number of hydrogen-bond acceptors (Lipinski definition) is 4. The Hall–Kier alpha value is -1.59. The Labute approximate surface area is 126 Å². The molecule has 4 nitrogen and oxygen atoms in total. The van der Waals surface area contributed by atoms with Crippen LogP contribution in [-0.4, -0.2) is 24.3 Å². The standard InChI is InChI=1S/C16H21BO4/c1-15(2)16(3,4)21-17(20-15)11-10-14(18)19-12-13-8-6-5-7-9-13/h5-11H,12H2,1-4H3/b11-10+. The minimum absolute atomic E-state index is 0.257. The molecule has 0 radical (unpaired) electrons. The van der Waals surface area contributed by atoms with Crippen molar-refractivity contribution in [2.75, 3.05) is 0 Å². The summed E-state index contributed by atoms with van der Waals surface area (Å²) >= 11 is 0. The van der Waals surface area contributed by atoms with Crippen LogP contribution in [0.25, 0.3) is 0 Å². The molecule has 0 aliphatic carbocycles. The summed E-state index contributed by atoms with van der Waals surface area (Å²) in [6.07, 6.45) is 1.35. The van der Waals surface area contributed by atoms with E-state index >= 15 is 0 Å². The van der Waals surface area contributed by atoms with E-state index in [1.54, 1.807) is 5.98 Å². The van der Waals surface area contributed by atoms with Crippen molar-refractivity contribution < 1.29 is 18.8 Å². The number of benzene rings is 1. The molecule has 2 rings (SSSR count). The van der Waals surface area contributed by atoms with Crippen LogP contribution in [0.5, 0.6) is 0 Å². The van der Waals surface area contributed by atoms with Crippen LogP contribution in [0.3, 0.4) is 0 Å². The lowest BCUT2D eigenvalue weighted by Crippen LogP contribution is -2.41. The Morgan fingerprint density at radius 1 is 1.14 bits per heavy atom. The monoisotopic (exact) mass is 288 g/mol. The SMILES string of the molecule is CC1(C)OB(/C=C/C(=O)OCc2ccccc2)OC1(C)C. The minimum atomic E-state index is -0.528. The van der Waals surface area contributed by atoms with Crippen LogP contribution < -0.4 is 0 Å². The smallest absolute Gasteiger partial charge is 0.458 e. The van der Waals surface area contributed by atoms with Gasteiger partial charge in [-0.3, -0.25) is 0 Å². The molecule has 1 saturated heterocycles. The van der Waals surface area contributed by atoms with Crippen LogP contribution in [-0.2, 0) is 25.4 Å². The van der Waals surface area contributed by atoms with Crippen molar-refractivity contribution in [3.05, 3.63) is 47.9 Å². The first-order valence-electron chi connectivity index (χ1n) is 7.05. The highest BCUT2D eigenvalue weighted by molar-refractivity contribution is 6.52. The molecular formula is C16H21BO4. The normalized spacial score (nSPS) is 19.9. The Balaban J connectivity index is 1.83. The predicted molar refractivity (Wildman–Crippen MR) is 81.5 cm³/mol. The molecule has 112 valence electrons. The van der Waals surface area contributed by atoms with E-state index in [-0.39, 0.29) is 6.61 Å². The summed E-state index contributed by atoms with van der Waals surface area (Å²) in [5.41, 5.74) is 0.140. The van der Waals surface area contributed by atoms with Gasteiger partial charge in [0.25, 0.3) is 0 Å². The second kappa shape index (κ2) is 6.04. The van der Waals surface area contributed by atoms with Gasteiger partial charge in [0.15, 0.2) is 0 Å². The number of carbonyl (C=O) groups is 1. The van der Waals surface area contributed by atoms with Gasteiger partial charge in [0.2, 0.25) is 0 Å². The Kier molecular flexibility index (Phi) is 4.54. The van der Waals surface area contributed by atoms with Crippen LogP contribution in [0, 0.1) is 0 Å². The first-order chi connectivity index (χ1) is 9.80. The summed E-state index contributed by atoms with van der Waals surface area (Å²) in [5.74, 6) is 1.18. The average Bonchev–Trinajstić information content (AvgIpc) is 2.63. The highest BCUT2D eigenvalue weighted by Crippen LogP contribution is 2.36.